The molecule has 0 fully saturated rings. The van der Waals surface area contributed by atoms with Crippen molar-refractivity contribution >= 4 is 17.6 Å². The number of carboxylic acid groups (broad SMARTS) is 1. The number of anilines is 1. The second kappa shape index (κ2) is 4.90. The number of hydrogen-bond donors (Lipinski definition) is 2. The molecule has 1 unspecified atom stereocenters. The lowest BCUT2D eigenvalue weighted by Gasteiger charge is -2.17. The number of hydrogen-bond acceptors (Lipinski definition) is 3. The van der Waals surface area contributed by atoms with Gasteiger partial charge in [-0.05, 0) is 37.5 Å². The van der Waals surface area contributed by atoms with E-state index in [4.69, 9.17) is 10.8 Å². The monoisotopic (exact) mass is 276 g/mol. The predicted octanol–water partition coefficient (Wildman–Crippen LogP) is 1.29. The zero-order chi connectivity index (χ0) is 15.1. The summed E-state index contributed by atoms with van der Waals surface area (Å²) in [6, 6.07) is 5.37. The van der Waals surface area contributed by atoms with Crippen LogP contribution in [-0.2, 0) is 21.4 Å². The van der Waals surface area contributed by atoms with Crippen molar-refractivity contribution in [3.8, 4) is 0 Å². The molecule has 0 radical (unpaired) electrons. The summed E-state index contributed by atoms with van der Waals surface area (Å²) in [5, 5.41) is 8.74. The van der Waals surface area contributed by atoms with Crippen LogP contribution in [0.2, 0.25) is 0 Å². The smallest absolute Gasteiger partial charge is 0.304 e. The van der Waals surface area contributed by atoms with E-state index in [1.165, 1.54) is 0 Å². The molecule has 1 atom stereocenters. The Hall–Kier alpha value is -1.88. The topological polar surface area (TPSA) is 83.6 Å². The second-order valence-corrected chi connectivity index (χ2v) is 5.90. The lowest BCUT2D eigenvalue weighted by atomic mass is 9.85. The van der Waals surface area contributed by atoms with E-state index in [-0.39, 0.29) is 12.3 Å². The lowest BCUT2D eigenvalue weighted by Crippen LogP contribution is -2.33. The van der Waals surface area contributed by atoms with E-state index in [9.17, 15) is 9.59 Å². The van der Waals surface area contributed by atoms with Crippen molar-refractivity contribution in [2.45, 2.75) is 38.1 Å². The van der Waals surface area contributed by atoms with Crippen LogP contribution in [0.15, 0.2) is 18.2 Å². The third-order valence-corrected chi connectivity index (χ3v) is 3.87. The highest BCUT2D eigenvalue weighted by Gasteiger charge is 2.42. The summed E-state index contributed by atoms with van der Waals surface area (Å²) in [7, 11) is 1.77. The van der Waals surface area contributed by atoms with Crippen LogP contribution in [0.4, 0.5) is 5.69 Å². The fourth-order valence-corrected chi connectivity index (χ4v) is 2.75. The van der Waals surface area contributed by atoms with Gasteiger partial charge in [-0.1, -0.05) is 12.1 Å². The molecule has 1 heterocycles. The maximum absolute atomic E-state index is 12.2. The van der Waals surface area contributed by atoms with Crippen molar-refractivity contribution in [2.75, 3.05) is 11.9 Å². The van der Waals surface area contributed by atoms with E-state index in [1.807, 2.05) is 32.0 Å². The summed E-state index contributed by atoms with van der Waals surface area (Å²) in [5.41, 5.74) is 8.13. The van der Waals surface area contributed by atoms with Crippen LogP contribution in [-0.4, -0.2) is 30.1 Å². The molecule has 1 aromatic carbocycles. The number of carbonyl (C=O) groups excluding carboxylic acids is 1. The average molecular weight is 276 g/mol. The number of amides is 1. The maximum atomic E-state index is 12.2. The van der Waals surface area contributed by atoms with Crippen LogP contribution in [0.25, 0.3) is 0 Å². The highest BCUT2D eigenvalue weighted by molar-refractivity contribution is 6.07. The molecule has 0 saturated carbocycles. The van der Waals surface area contributed by atoms with E-state index in [0.29, 0.717) is 6.42 Å². The number of rotatable bonds is 4. The predicted molar refractivity (Wildman–Crippen MR) is 76.8 cm³/mol. The summed E-state index contributed by atoms with van der Waals surface area (Å²) in [6.07, 6.45) is 0.437. The molecule has 1 aromatic rings. The van der Waals surface area contributed by atoms with Gasteiger partial charge in [0, 0.05) is 18.8 Å². The molecule has 0 aromatic heterocycles. The first kappa shape index (κ1) is 14.5. The Kier molecular flexibility index (Phi) is 3.56. The van der Waals surface area contributed by atoms with Gasteiger partial charge in [-0.15, -0.1) is 0 Å². The SMILES string of the molecule is CN1C(=O)C(C)(C)c2cc(CC(N)CC(=O)O)ccc21. The third kappa shape index (κ3) is 2.41. The Balaban J connectivity index is 2.27. The number of fused-ring (bicyclic) bond motifs is 1. The number of benzene rings is 1. The summed E-state index contributed by atoms with van der Waals surface area (Å²) >= 11 is 0. The first-order valence-electron chi connectivity index (χ1n) is 6.62. The van der Waals surface area contributed by atoms with Crippen LogP contribution >= 0.6 is 0 Å². The van der Waals surface area contributed by atoms with Crippen molar-refractivity contribution in [1.29, 1.82) is 0 Å². The van der Waals surface area contributed by atoms with Gasteiger partial charge in [0.2, 0.25) is 5.91 Å². The zero-order valence-electron chi connectivity index (χ0n) is 12.0. The van der Waals surface area contributed by atoms with Crippen LogP contribution in [0.3, 0.4) is 0 Å². The van der Waals surface area contributed by atoms with E-state index >= 15 is 0 Å². The standard InChI is InChI=1S/C15H20N2O3/c1-15(2)11-7-9(6-10(16)8-13(18)19)4-5-12(11)17(3)14(15)20/h4-5,7,10H,6,8,16H2,1-3H3,(H,18,19). The molecule has 0 bridgehead atoms. The van der Waals surface area contributed by atoms with Crippen molar-refractivity contribution in [3.05, 3.63) is 29.3 Å². The molecule has 1 aliphatic rings. The van der Waals surface area contributed by atoms with Gasteiger partial charge in [0.05, 0.1) is 11.8 Å². The number of carbonyl (C=O) groups is 2. The Morgan fingerprint density at radius 3 is 2.70 bits per heavy atom. The van der Waals surface area contributed by atoms with E-state index in [1.54, 1.807) is 11.9 Å². The Morgan fingerprint density at radius 1 is 1.45 bits per heavy atom. The van der Waals surface area contributed by atoms with Crippen LogP contribution in [0.5, 0.6) is 0 Å². The molecule has 5 nitrogen and oxygen atoms in total. The van der Waals surface area contributed by atoms with E-state index < -0.39 is 17.4 Å². The molecule has 1 amide bonds. The second-order valence-electron chi connectivity index (χ2n) is 5.90. The fourth-order valence-electron chi connectivity index (χ4n) is 2.75. The van der Waals surface area contributed by atoms with Gasteiger partial charge >= 0.3 is 5.97 Å². The minimum Gasteiger partial charge on any atom is -0.481 e. The van der Waals surface area contributed by atoms with E-state index in [0.717, 1.165) is 16.8 Å². The molecule has 1 aliphatic heterocycles. The Morgan fingerprint density at radius 2 is 2.10 bits per heavy atom. The molecule has 108 valence electrons. The normalized spacial score (nSPS) is 18.0. The number of nitrogens with two attached hydrogens (primary N) is 1. The van der Waals surface area contributed by atoms with Gasteiger partial charge in [-0.2, -0.15) is 0 Å². The van der Waals surface area contributed by atoms with Gasteiger partial charge in [0.15, 0.2) is 0 Å². The van der Waals surface area contributed by atoms with Gasteiger partial charge in [0.1, 0.15) is 0 Å². The first-order chi connectivity index (χ1) is 9.23. The van der Waals surface area contributed by atoms with Gasteiger partial charge in [-0.3, -0.25) is 9.59 Å². The molecule has 3 N–H and O–H groups in total. The summed E-state index contributed by atoms with van der Waals surface area (Å²) in [6.45, 7) is 3.80. The minimum absolute atomic E-state index is 0.0562. The minimum atomic E-state index is -0.895. The van der Waals surface area contributed by atoms with E-state index in [2.05, 4.69) is 0 Å². The van der Waals surface area contributed by atoms with Crippen LogP contribution in [0.1, 0.15) is 31.4 Å². The zero-order valence-corrected chi connectivity index (χ0v) is 12.0. The summed E-state index contributed by atoms with van der Waals surface area (Å²) in [5.74, 6) is -0.826. The lowest BCUT2D eigenvalue weighted by molar-refractivity contribution is -0.137. The molecule has 5 heteroatoms. The maximum Gasteiger partial charge on any atom is 0.304 e. The van der Waals surface area contributed by atoms with Gasteiger partial charge in [0.25, 0.3) is 0 Å². The third-order valence-electron chi connectivity index (χ3n) is 3.87. The fraction of sp³-hybridized carbons (Fsp3) is 0.467. The average Bonchev–Trinajstić information content (AvgIpc) is 2.50. The van der Waals surface area contributed by atoms with Crippen LogP contribution in [0, 0.1) is 0 Å². The molecule has 2 rings (SSSR count). The van der Waals surface area contributed by atoms with Crippen molar-refractivity contribution < 1.29 is 14.7 Å². The number of likely N-dealkylation sites (N-methyl/N-ethyl adjacent to an activating group) is 1. The molecule has 0 aliphatic carbocycles. The number of aliphatic carboxylic acids is 1. The van der Waals surface area contributed by atoms with Crippen LogP contribution < -0.4 is 10.6 Å². The molecular weight excluding hydrogens is 256 g/mol. The number of nitrogens with zero attached hydrogens (tertiary/aromatic N) is 1. The number of carboxylic acids is 1. The molecule has 20 heavy (non-hydrogen) atoms. The molecular formula is C15H20N2O3. The highest BCUT2D eigenvalue weighted by Crippen LogP contribution is 2.41. The van der Waals surface area contributed by atoms with Gasteiger partial charge in [-0.25, -0.2) is 0 Å². The summed E-state index contributed by atoms with van der Waals surface area (Å²) < 4.78 is 0. The largest absolute Gasteiger partial charge is 0.481 e. The Bertz CT molecular complexity index is 566. The quantitative estimate of drug-likeness (QED) is 0.868. The van der Waals surface area contributed by atoms with Crippen molar-refractivity contribution in [2.24, 2.45) is 5.73 Å². The highest BCUT2D eigenvalue weighted by atomic mass is 16.4. The summed E-state index contributed by atoms with van der Waals surface area (Å²) in [4.78, 5) is 24.5. The Labute approximate surface area is 118 Å². The molecule has 0 spiro atoms. The first-order valence-corrected chi connectivity index (χ1v) is 6.62. The molecule has 0 saturated heterocycles. The van der Waals surface area contributed by atoms with Crippen molar-refractivity contribution in [1.82, 2.24) is 0 Å². The van der Waals surface area contributed by atoms with Gasteiger partial charge < -0.3 is 15.7 Å². The van der Waals surface area contributed by atoms with Crippen molar-refractivity contribution in [3.63, 3.8) is 0 Å².